The number of hydrogen-bond acceptors (Lipinski definition) is 1. The van der Waals surface area contributed by atoms with Crippen molar-refractivity contribution in [3.05, 3.63) is 29.8 Å². The van der Waals surface area contributed by atoms with E-state index >= 15 is 0 Å². The van der Waals surface area contributed by atoms with Crippen LogP contribution in [0.5, 0.6) is 0 Å². The number of hydrogen-bond donors (Lipinski definition) is 0. The maximum Gasteiger partial charge on any atom is 0.0812 e. The summed E-state index contributed by atoms with van der Waals surface area (Å²) in [5.41, 5.74) is 0.976. The molecule has 0 heterocycles. The first-order chi connectivity index (χ1) is 10.4. The van der Waals surface area contributed by atoms with Crippen molar-refractivity contribution in [3.63, 3.8) is 0 Å². The molecule has 0 bridgehead atoms. The molecule has 1 aromatic rings. The monoisotopic (exact) mass is 306 g/mol. The average molecular weight is 306 g/mol. The second-order valence-corrected chi connectivity index (χ2v) is 6.11. The first-order valence-electron chi connectivity index (χ1n) is 8.24. The highest BCUT2D eigenvalue weighted by atomic mass is 32.2. The Labute approximate surface area is 134 Å². The maximum atomic E-state index is 12.3. The fourth-order valence-electron chi connectivity index (χ4n) is 2.28. The van der Waals surface area contributed by atoms with E-state index in [-0.39, 0.29) is 12.1 Å². The molecule has 0 spiro atoms. The van der Waals surface area contributed by atoms with E-state index in [0.29, 0.717) is 4.90 Å². The Balaban J connectivity index is 2.00. The van der Waals surface area contributed by atoms with E-state index in [9.17, 15) is 3.89 Å². The van der Waals surface area contributed by atoms with Gasteiger partial charge in [0.15, 0.2) is 0 Å². The van der Waals surface area contributed by atoms with E-state index < -0.39 is 0 Å². The minimum Gasteiger partial charge on any atom is -0.160 e. The quantitative estimate of drug-likeness (QED) is 0.333. The maximum absolute atomic E-state index is 12.3. The summed E-state index contributed by atoms with van der Waals surface area (Å²) in [6.07, 6.45) is 13.1. The first-order valence-corrected chi connectivity index (χ1v) is 8.96. The molecule has 1 rings (SSSR count). The molecule has 116 valence electrons. The summed E-state index contributed by atoms with van der Waals surface area (Å²) in [7, 11) is 0. The van der Waals surface area contributed by atoms with Crippen LogP contribution in [-0.4, -0.2) is 0 Å². The van der Waals surface area contributed by atoms with Gasteiger partial charge in [0.2, 0.25) is 0 Å². The molecule has 0 aromatic heterocycles. The number of halogens is 1. The predicted molar refractivity (Wildman–Crippen MR) is 92.1 cm³/mol. The molecule has 0 atom stereocenters. The number of benzene rings is 1. The molecular formula is C19H27FS. The molecule has 0 saturated heterocycles. The van der Waals surface area contributed by atoms with E-state index in [0.717, 1.165) is 12.0 Å². The predicted octanol–water partition coefficient (Wildman–Crippen LogP) is 6.94. The van der Waals surface area contributed by atoms with Gasteiger partial charge >= 0.3 is 0 Å². The summed E-state index contributed by atoms with van der Waals surface area (Å²) in [5, 5.41) is 0. The van der Waals surface area contributed by atoms with Gasteiger partial charge in [-0.25, -0.2) is 0 Å². The van der Waals surface area contributed by atoms with Gasteiger partial charge in [0.25, 0.3) is 0 Å². The molecule has 0 nitrogen and oxygen atoms in total. The smallest absolute Gasteiger partial charge is 0.0812 e. The van der Waals surface area contributed by atoms with Gasteiger partial charge in [0.1, 0.15) is 0 Å². The zero-order valence-electron chi connectivity index (χ0n) is 13.2. The molecule has 0 aliphatic carbocycles. The van der Waals surface area contributed by atoms with Crippen molar-refractivity contribution in [2.45, 2.75) is 76.0 Å². The summed E-state index contributed by atoms with van der Waals surface area (Å²) in [6, 6.07) is 7.30. The highest BCUT2D eigenvalue weighted by Crippen LogP contribution is 2.18. The Hall–Kier alpha value is -0.940. The van der Waals surface area contributed by atoms with Gasteiger partial charge in [0, 0.05) is 16.9 Å². The molecule has 0 amide bonds. The SMILES string of the molecule is CCCCCCCCCCCC#Cc1ccc(SF)cc1. The van der Waals surface area contributed by atoms with Crippen LogP contribution < -0.4 is 0 Å². The summed E-state index contributed by atoms with van der Waals surface area (Å²) in [6.45, 7) is 2.26. The number of unbranched alkanes of at least 4 members (excludes halogenated alkanes) is 9. The lowest BCUT2D eigenvalue weighted by molar-refractivity contribution is 0.567. The van der Waals surface area contributed by atoms with E-state index in [2.05, 4.69) is 18.8 Å². The standard InChI is InChI=1S/C19H27FS/c1-2-3-4-5-6-7-8-9-10-11-12-13-18-14-16-19(21-20)17-15-18/h14-17H,2-11H2,1H3. The third-order valence-corrected chi connectivity index (χ3v) is 4.03. The van der Waals surface area contributed by atoms with Gasteiger partial charge in [-0.05, 0) is 30.7 Å². The Kier molecular flexibility index (Phi) is 11.0. The molecule has 0 aliphatic rings. The van der Waals surface area contributed by atoms with E-state index in [1.165, 1.54) is 57.8 Å². The van der Waals surface area contributed by atoms with Gasteiger partial charge in [0.05, 0.1) is 12.1 Å². The molecular weight excluding hydrogens is 279 g/mol. The van der Waals surface area contributed by atoms with Crippen LogP contribution in [-0.2, 0) is 0 Å². The van der Waals surface area contributed by atoms with Crippen LogP contribution in [0, 0.1) is 11.8 Å². The van der Waals surface area contributed by atoms with Crippen molar-refractivity contribution in [1.29, 1.82) is 0 Å². The van der Waals surface area contributed by atoms with Crippen LogP contribution in [0.25, 0.3) is 0 Å². The summed E-state index contributed by atoms with van der Waals surface area (Å²) in [4.78, 5) is 0.638. The molecule has 2 heteroatoms. The highest BCUT2D eigenvalue weighted by molar-refractivity contribution is 7.94. The van der Waals surface area contributed by atoms with E-state index in [1.54, 1.807) is 12.1 Å². The van der Waals surface area contributed by atoms with Gasteiger partial charge in [-0.15, -0.1) is 0 Å². The highest BCUT2D eigenvalue weighted by Gasteiger charge is 1.93. The molecule has 0 aliphatic heterocycles. The van der Waals surface area contributed by atoms with Crippen molar-refractivity contribution in [2.75, 3.05) is 0 Å². The summed E-state index contributed by atoms with van der Waals surface area (Å²) in [5.74, 6) is 6.35. The van der Waals surface area contributed by atoms with Crippen molar-refractivity contribution in [3.8, 4) is 11.8 Å². The first kappa shape index (κ1) is 18.1. The van der Waals surface area contributed by atoms with Crippen molar-refractivity contribution in [2.24, 2.45) is 0 Å². The molecule has 1 aromatic carbocycles. The third-order valence-electron chi connectivity index (χ3n) is 3.58. The molecule has 0 saturated carbocycles. The molecule has 0 radical (unpaired) electrons. The van der Waals surface area contributed by atoms with Crippen LogP contribution in [0.15, 0.2) is 29.2 Å². The van der Waals surface area contributed by atoms with Crippen LogP contribution in [0.4, 0.5) is 3.89 Å². The Morgan fingerprint density at radius 2 is 1.43 bits per heavy atom. The van der Waals surface area contributed by atoms with Crippen molar-refractivity contribution >= 4 is 12.1 Å². The van der Waals surface area contributed by atoms with Gasteiger partial charge in [-0.2, -0.15) is 3.89 Å². The van der Waals surface area contributed by atoms with Gasteiger partial charge < -0.3 is 0 Å². The molecule has 0 fully saturated rings. The van der Waals surface area contributed by atoms with E-state index in [4.69, 9.17) is 0 Å². The van der Waals surface area contributed by atoms with Crippen molar-refractivity contribution in [1.82, 2.24) is 0 Å². The van der Waals surface area contributed by atoms with Crippen LogP contribution in [0.2, 0.25) is 0 Å². The minimum atomic E-state index is 0.275. The van der Waals surface area contributed by atoms with Crippen LogP contribution in [0.1, 0.15) is 76.7 Å². The zero-order chi connectivity index (χ0) is 15.2. The lowest BCUT2D eigenvalue weighted by Gasteiger charge is -2.00. The largest absolute Gasteiger partial charge is 0.160 e. The lowest BCUT2D eigenvalue weighted by Crippen LogP contribution is -1.81. The number of rotatable bonds is 10. The third kappa shape index (κ3) is 9.58. The molecule has 21 heavy (non-hydrogen) atoms. The van der Waals surface area contributed by atoms with Crippen LogP contribution >= 0.6 is 12.1 Å². The average Bonchev–Trinajstić information content (AvgIpc) is 2.53. The Bertz CT molecular complexity index is 413. The molecule has 0 unspecified atom stereocenters. The minimum absolute atomic E-state index is 0.275. The van der Waals surface area contributed by atoms with E-state index in [1.807, 2.05) is 12.1 Å². The summed E-state index contributed by atoms with van der Waals surface area (Å²) >= 11 is 0.275. The van der Waals surface area contributed by atoms with Gasteiger partial charge in [-0.1, -0.05) is 70.1 Å². The van der Waals surface area contributed by atoms with Gasteiger partial charge in [-0.3, -0.25) is 0 Å². The van der Waals surface area contributed by atoms with Crippen LogP contribution in [0.3, 0.4) is 0 Å². The Morgan fingerprint density at radius 3 is 2.00 bits per heavy atom. The summed E-state index contributed by atoms with van der Waals surface area (Å²) < 4.78 is 12.3. The fourth-order valence-corrected chi connectivity index (χ4v) is 2.52. The zero-order valence-corrected chi connectivity index (χ0v) is 14.0. The lowest BCUT2D eigenvalue weighted by atomic mass is 10.1. The topological polar surface area (TPSA) is 0 Å². The normalized spacial score (nSPS) is 10.2. The second-order valence-electron chi connectivity index (χ2n) is 5.48. The fraction of sp³-hybridized carbons (Fsp3) is 0.579. The Morgan fingerprint density at radius 1 is 0.857 bits per heavy atom. The van der Waals surface area contributed by atoms with Crippen molar-refractivity contribution < 1.29 is 3.89 Å². The second kappa shape index (κ2) is 12.8. The molecule has 0 N–H and O–H groups in total.